The average molecular weight is 545 g/mol. The smallest absolute Gasteiger partial charge is 0.259 e. The van der Waals surface area contributed by atoms with E-state index in [1.807, 2.05) is 62.9 Å². The van der Waals surface area contributed by atoms with Crippen LogP contribution in [0.3, 0.4) is 0 Å². The topological polar surface area (TPSA) is 76.4 Å². The minimum absolute atomic E-state index is 0.00213. The van der Waals surface area contributed by atoms with Gasteiger partial charge in [0.05, 0.1) is 16.3 Å². The van der Waals surface area contributed by atoms with Crippen LogP contribution < -0.4 is 15.1 Å². The van der Waals surface area contributed by atoms with Crippen molar-refractivity contribution in [1.29, 1.82) is 5.26 Å². The number of aryl methyl sites for hydroxylation is 1. The molecular weight excluding hydrogens is 511 g/mol. The Balaban J connectivity index is 0.00000115. The highest BCUT2D eigenvalue weighted by Gasteiger charge is 2.60. The van der Waals surface area contributed by atoms with Gasteiger partial charge >= 0.3 is 0 Å². The number of amides is 2. The number of hydrogen-bond donors (Lipinski definition) is 1. The van der Waals surface area contributed by atoms with E-state index < -0.39 is 11.4 Å². The number of anilines is 2. The molecule has 1 aliphatic heterocycles. The van der Waals surface area contributed by atoms with E-state index in [1.54, 1.807) is 7.05 Å². The molecule has 2 fully saturated rings. The van der Waals surface area contributed by atoms with E-state index in [4.69, 9.17) is 29.1 Å². The summed E-state index contributed by atoms with van der Waals surface area (Å²) in [5, 5.41) is 11.6. The second-order valence-corrected chi connectivity index (χ2v) is 8.95. The van der Waals surface area contributed by atoms with Gasteiger partial charge in [0.15, 0.2) is 10.9 Å². The minimum Gasteiger partial charge on any atom is -0.359 e. The van der Waals surface area contributed by atoms with Gasteiger partial charge in [0.1, 0.15) is 11.6 Å². The maximum absolute atomic E-state index is 15.0. The molecule has 2 amide bonds. The zero-order chi connectivity index (χ0) is 27.8. The summed E-state index contributed by atoms with van der Waals surface area (Å²) in [6.07, 6.45) is 4.04. The molecule has 1 spiro atoms. The second-order valence-electron chi connectivity index (χ2n) is 8.21. The molecule has 0 bridgehead atoms. The first-order valence-corrected chi connectivity index (χ1v) is 13.5. The number of rotatable bonds is 6. The summed E-state index contributed by atoms with van der Waals surface area (Å²) in [6.45, 7) is 8.00. The van der Waals surface area contributed by atoms with Crippen molar-refractivity contribution in [3.8, 4) is 6.07 Å². The number of carbonyl (C=O) groups excluding carboxylic acids is 2. The average Bonchev–Trinajstić information content (AvgIpc) is 3.15. The quantitative estimate of drug-likeness (QED) is 0.418. The normalized spacial score (nSPS) is 15.2. The van der Waals surface area contributed by atoms with Crippen LogP contribution >= 0.6 is 23.8 Å². The van der Waals surface area contributed by atoms with Crippen molar-refractivity contribution in [3.63, 3.8) is 0 Å². The first-order valence-electron chi connectivity index (χ1n) is 12.7. The lowest BCUT2D eigenvalue weighted by atomic mass is 9.75. The third-order valence-electron chi connectivity index (χ3n) is 6.36. The fourth-order valence-electron chi connectivity index (χ4n) is 4.38. The van der Waals surface area contributed by atoms with Crippen LogP contribution in [0.4, 0.5) is 15.8 Å². The first-order chi connectivity index (χ1) is 17.8. The van der Waals surface area contributed by atoms with E-state index in [2.05, 4.69) is 5.32 Å². The van der Waals surface area contributed by atoms with Gasteiger partial charge in [-0.3, -0.25) is 14.5 Å². The van der Waals surface area contributed by atoms with Crippen LogP contribution in [0.5, 0.6) is 0 Å². The molecule has 37 heavy (non-hydrogen) atoms. The van der Waals surface area contributed by atoms with Gasteiger partial charge in [-0.25, -0.2) is 4.39 Å². The number of carbonyl (C=O) groups is 2. The van der Waals surface area contributed by atoms with Crippen LogP contribution in [0.1, 0.15) is 70.9 Å². The summed E-state index contributed by atoms with van der Waals surface area (Å²) >= 11 is 11.7. The molecule has 1 aliphatic carbocycles. The number of halogens is 2. The number of nitrogens with one attached hydrogen (secondary N) is 1. The molecule has 6 nitrogen and oxygen atoms in total. The van der Waals surface area contributed by atoms with E-state index in [-0.39, 0.29) is 33.2 Å². The molecule has 1 N–H and O–H groups in total. The van der Waals surface area contributed by atoms with Gasteiger partial charge in [0, 0.05) is 19.2 Å². The Morgan fingerprint density at radius 2 is 1.78 bits per heavy atom. The first kappa shape index (κ1) is 30.2. The molecule has 0 aromatic heterocycles. The monoisotopic (exact) mass is 544 g/mol. The molecule has 1 saturated heterocycles. The third-order valence-corrected chi connectivity index (χ3v) is 7.09. The van der Waals surface area contributed by atoms with Crippen molar-refractivity contribution in [1.82, 2.24) is 5.32 Å². The minimum atomic E-state index is -0.843. The number of hydrogen-bond acceptors (Lipinski definition) is 4. The summed E-state index contributed by atoms with van der Waals surface area (Å²) in [5.74, 6) is -1.11. The predicted octanol–water partition coefficient (Wildman–Crippen LogP) is 6.53. The van der Waals surface area contributed by atoms with Crippen molar-refractivity contribution in [2.24, 2.45) is 0 Å². The number of nitrogens with zero attached hydrogens (tertiary/aromatic N) is 3. The SMILES string of the molecule is CC.CC.CNC(=O)CCCc1ccc(N2C(=S)N(c3ccc(C#N)c(Cl)c3F)C(=O)C23CCC3)cc1. The highest BCUT2D eigenvalue weighted by Crippen LogP contribution is 2.48. The van der Waals surface area contributed by atoms with E-state index in [0.717, 1.165) is 30.5 Å². The molecule has 0 atom stereocenters. The van der Waals surface area contributed by atoms with Crippen LogP contribution in [-0.2, 0) is 16.0 Å². The molecule has 9 heteroatoms. The van der Waals surface area contributed by atoms with Crippen molar-refractivity contribution in [2.75, 3.05) is 16.8 Å². The predicted molar refractivity (Wildman–Crippen MR) is 151 cm³/mol. The number of thiocarbonyl (C=S) groups is 1. The largest absolute Gasteiger partial charge is 0.359 e. The van der Waals surface area contributed by atoms with E-state index in [1.165, 1.54) is 17.0 Å². The van der Waals surface area contributed by atoms with Crippen molar-refractivity contribution in [3.05, 3.63) is 58.4 Å². The lowest BCUT2D eigenvalue weighted by Gasteiger charge is -2.43. The number of nitriles is 1. The molecule has 2 aromatic carbocycles. The Morgan fingerprint density at radius 3 is 2.30 bits per heavy atom. The molecule has 2 aromatic rings. The molecule has 4 rings (SSSR count). The molecule has 198 valence electrons. The molecular formula is C28H34ClFN4O2S. The zero-order valence-electron chi connectivity index (χ0n) is 22.0. The van der Waals surface area contributed by atoms with Crippen LogP contribution in [0.25, 0.3) is 0 Å². The Labute approximate surface area is 229 Å². The summed E-state index contributed by atoms with van der Waals surface area (Å²) in [5.41, 5.74) is 0.936. The fraction of sp³-hybridized carbons (Fsp3) is 0.429. The van der Waals surface area contributed by atoms with Crippen LogP contribution in [0.2, 0.25) is 5.02 Å². The van der Waals surface area contributed by atoms with E-state index >= 15 is 4.39 Å². The van der Waals surface area contributed by atoms with Gasteiger partial charge in [-0.05, 0) is 74.2 Å². The fourth-order valence-corrected chi connectivity index (χ4v) is 5.04. The Hall–Kier alpha value is -3.02. The van der Waals surface area contributed by atoms with Crippen LogP contribution in [0, 0.1) is 17.1 Å². The number of benzene rings is 2. The molecule has 2 aliphatic rings. The van der Waals surface area contributed by atoms with Crippen LogP contribution in [0.15, 0.2) is 36.4 Å². The Bertz CT molecular complexity index is 1180. The van der Waals surface area contributed by atoms with Crippen molar-refractivity contribution < 1.29 is 14.0 Å². The van der Waals surface area contributed by atoms with Gasteiger partial charge in [0.25, 0.3) is 5.91 Å². The van der Waals surface area contributed by atoms with E-state index in [0.29, 0.717) is 19.3 Å². The van der Waals surface area contributed by atoms with E-state index in [9.17, 15) is 9.59 Å². The maximum Gasteiger partial charge on any atom is 0.259 e. The summed E-state index contributed by atoms with van der Waals surface area (Å²) in [6, 6.07) is 12.3. The highest BCUT2D eigenvalue weighted by molar-refractivity contribution is 7.81. The Morgan fingerprint density at radius 1 is 1.16 bits per heavy atom. The molecule has 1 heterocycles. The standard InChI is InChI=1S/C24H22ClFN4O2S.2C2H6/c1-28-19(31)5-2-4-15-6-9-17(10-7-15)30-23(33)29(22(32)24(30)12-3-13-24)18-11-8-16(14-27)20(25)21(18)26;2*1-2/h6-11H,2-5,12-13H2,1H3,(H,28,31);2*1-2H3. The van der Waals surface area contributed by atoms with Gasteiger partial charge < -0.3 is 10.2 Å². The summed E-state index contributed by atoms with van der Waals surface area (Å²) < 4.78 is 15.0. The molecule has 0 radical (unpaired) electrons. The second kappa shape index (κ2) is 13.5. The summed E-state index contributed by atoms with van der Waals surface area (Å²) in [7, 11) is 1.62. The summed E-state index contributed by atoms with van der Waals surface area (Å²) in [4.78, 5) is 27.9. The zero-order valence-corrected chi connectivity index (χ0v) is 23.6. The highest BCUT2D eigenvalue weighted by atomic mass is 35.5. The van der Waals surface area contributed by atoms with Crippen molar-refractivity contribution in [2.45, 2.75) is 71.8 Å². The Kier molecular flexibility index (Phi) is 11.0. The molecule has 0 unspecified atom stereocenters. The maximum atomic E-state index is 15.0. The third kappa shape index (κ3) is 5.78. The van der Waals surface area contributed by atoms with Gasteiger partial charge in [-0.1, -0.05) is 51.4 Å². The van der Waals surface area contributed by atoms with Gasteiger partial charge in [-0.2, -0.15) is 5.26 Å². The van der Waals surface area contributed by atoms with Gasteiger partial charge in [0.2, 0.25) is 5.91 Å². The van der Waals surface area contributed by atoms with Gasteiger partial charge in [-0.15, -0.1) is 0 Å². The lowest BCUT2D eigenvalue weighted by Crippen LogP contribution is -2.55. The molecule has 1 saturated carbocycles. The lowest BCUT2D eigenvalue weighted by molar-refractivity contribution is -0.124. The van der Waals surface area contributed by atoms with Crippen LogP contribution in [-0.4, -0.2) is 29.5 Å². The van der Waals surface area contributed by atoms with Crippen molar-refractivity contribution >= 4 is 52.1 Å².